The van der Waals surface area contributed by atoms with E-state index in [0.29, 0.717) is 16.5 Å². The van der Waals surface area contributed by atoms with Gasteiger partial charge in [-0.15, -0.1) is 0 Å². The van der Waals surface area contributed by atoms with E-state index < -0.39 is 10.0 Å². The molecule has 8 heteroatoms. The SMILES string of the molecule is CC.CN1CCN(c2ccc(S(=O)(=O)N(C)c3ccc4c(c3)nc(C(C)(C)C)n4CC3CCCCC3)cc2)CC1. The van der Waals surface area contributed by atoms with Crippen LogP contribution in [0.5, 0.6) is 0 Å². The second-order valence-electron chi connectivity index (χ2n) is 12.2. The predicted molar refractivity (Wildman–Crippen MR) is 168 cm³/mol. The van der Waals surface area contributed by atoms with E-state index in [1.807, 2.05) is 38.1 Å². The van der Waals surface area contributed by atoms with Gasteiger partial charge in [0, 0.05) is 50.9 Å². The fourth-order valence-electron chi connectivity index (χ4n) is 5.89. The third kappa shape index (κ3) is 6.49. The van der Waals surface area contributed by atoms with E-state index in [9.17, 15) is 8.42 Å². The van der Waals surface area contributed by atoms with E-state index in [4.69, 9.17) is 4.98 Å². The van der Waals surface area contributed by atoms with E-state index in [0.717, 1.165) is 55.3 Å². The maximum atomic E-state index is 13.6. The number of anilines is 2. The Morgan fingerprint density at radius 1 is 0.925 bits per heavy atom. The molecule has 1 aliphatic carbocycles. The summed E-state index contributed by atoms with van der Waals surface area (Å²) in [5.74, 6) is 1.75. The van der Waals surface area contributed by atoms with Gasteiger partial charge in [-0.25, -0.2) is 13.4 Å². The molecule has 2 fully saturated rings. The van der Waals surface area contributed by atoms with Crippen molar-refractivity contribution in [2.45, 2.75) is 83.6 Å². The molecule has 5 rings (SSSR count). The number of imidazole rings is 1. The van der Waals surface area contributed by atoms with Gasteiger partial charge in [0.15, 0.2) is 0 Å². The number of piperazine rings is 1. The van der Waals surface area contributed by atoms with Crippen molar-refractivity contribution >= 4 is 32.4 Å². The number of sulfonamides is 1. The van der Waals surface area contributed by atoms with Gasteiger partial charge in [-0.3, -0.25) is 4.31 Å². The highest BCUT2D eigenvalue weighted by Gasteiger charge is 2.27. The molecule has 3 aromatic rings. The lowest BCUT2D eigenvalue weighted by molar-refractivity contribution is 0.313. The molecule has 2 heterocycles. The standard InChI is InChI=1S/C30H43N5O2S.C2H6/c1-30(2,3)29-31-27-21-25(13-16-28(27)35(29)22-23-9-7-6-8-10-23)33(5)38(36,37)26-14-11-24(12-15-26)34-19-17-32(4)18-20-34;1-2/h11-16,21,23H,6-10,17-20,22H2,1-5H3;1-2H3. The summed E-state index contributed by atoms with van der Waals surface area (Å²) < 4.78 is 30.9. The second-order valence-corrected chi connectivity index (χ2v) is 14.2. The van der Waals surface area contributed by atoms with Crippen molar-refractivity contribution in [3.05, 3.63) is 48.3 Å². The van der Waals surface area contributed by atoms with Gasteiger partial charge in [0.05, 0.1) is 21.6 Å². The average molecular weight is 568 g/mol. The first-order chi connectivity index (χ1) is 19.0. The van der Waals surface area contributed by atoms with Crippen molar-refractivity contribution in [2.75, 3.05) is 49.5 Å². The molecule has 1 aliphatic heterocycles. The van der Waals surface area contributed by atoms with Gasteiger partial charge in [-0.05, 0) is 68.3 Å². The fraction of sp³-hybridized carbons (Fsp3) is 0.594. The van der Waals surface area contributed by atoms with Crippen LogP contribution in [0.2, 0.25) is 0 Å². The zero-order valence-corrected chi connectivity index (χ0v) is 26.5. The summed E-state index contributed by atoms with van der Waals surface area (Å²) in [7, 11) is 0.0645. The molecule has 1 saturated heterocycles. The van der Waals surface area contributed by atoms with Gasteiger partial charge in [-0.2, -0.15) is 0 Å². The minimum absolute atomic E-state index is 0.0999. The number of fused-ring (bicyclic) bond motifs is 1. The van der Waals surface area contributed by atoms with Crippen molar-refractivity contribution in [2.24, 2.45) is 5.92 Å². The number of likely N-dealkylation sites (N-methyl/N-ethyl adjacent to an activating group) is 1. The van der Waals surface area contributed by atoms with Crippen LogP contribution in [-0.4, -0.2) is 63.1 Å². The fourth-order valence-corrected chi connectivity index (χ4v) is 7.08. The maximum absolute atomic E-state index is 13.6. The smallest absolute Gasteiger partial charge is 0.264 e. The van der Waals surface area contributed by atoms with E-state index in [1.165, 1.54) is 36.4 Å². The molecule has 220 valence electrons. The minimum atomic E-state index is -3.70. The third-order valence-electron chi connectivity index (χ3n) is 8.30. The summed E-state index contributed by atoms with van der Waals surface area (Å²) in [6, 6.07) is 13.2. The van der Waals surface area contributed by atoms with Crippen LogP contribution in [0.15, 0.2) is 47.4 Å². The number of nitrogens with zero attached hydrogens (tertiary/aromatic N) is 5. The quantitative estimate of drug-likeness (QED) is 0.340. The van der Waals surface area contributed by atoms with Gasteiger partial charge in [0.2, 0.25) is 0 Å². The van der Waals surface area contributed by atoms with Crippen molar-refractivity contribution in [3.8, 4) is 0 Å². The Bertz CT molecular complexity index is 1360. The lowest BCUT2D eigenvalue weighted by Gasteiger charge is -2.34. The molecule has 0 bridgehead atoms. The van der Waals surface area contributed by atoms with Crippen molar-refractivity contribution in [1.29, 1.82) is 0 Å². The molecule has 2 aliphatic rings. The zero-order valence-electron chi connectivity index (χ0n) is 25.7. The summed E-state index contributed by atoms with van der Waals surface area (Å²) in [5, 5.41) is 0. The molecule has 0 amide bonds. The molecule has 0 radical (unpaired) electrons. The summed E-state index contributed by atoms with van der Waals surface area (Å²) in [6.07, 6.45) is 6.51. The van der Waals surface area contributed by atoms with E-state index in [-0.39, 0.29) is 5.41 Å². The highest BCUT2D eigenvalue weighted by atomic mass is 32.2. The molecule has 2 aromatic carbocycles. The summed E-state index contributed by atoms with van der Waals surface area (Å²) >= 11 is 0. The predicted octanol–water partition coefficient (Wildman–Crippen LogP) is 6.52. The van der Waals surface area contributed by atoms with Crippen molar-refractivity contribution < 1.29 is 8.42 Å². The Labute approximate surface area is 242 Å². The lowest BCUT2D eigenvalue weighted by atomic mass is 9.88. The van der Waals surface area contributed by atoms with Crippen molar-refractivity contribution in [1.82, 2.24) is 14.5 Å². The van der Waals surface area contributed by atoms with Gasteiger partial charge in [0.1, 0.15) is 5.82 Å². The Balaban J connectivity index is 0.00000181. The molecule has 0 spiro atoms. The molecule has 1 saturated carbocycles. The van der Waals surface area contributed by atoms with Crippen molar-refractivity contribution in [3.63, 3.8) is 0 Å². The van der Waals surface area contributed by atoms with Gasteiger partial charge >= 0.3 is 0 Å². The van der Waals surface area contributed by atoms with Crippen LogP contribution < -0.4 is 9.21 Å². The molecular formula is C32H49N5O2S. The van der Waals surface area contributed by atoms with E-state index in [1.54, 1.807) is 19.2 Å². The summed E-state index contributed by atoms with van der Waals surface area (Å²) in [4.78, 5) is 9.97. The van der Waals surface area contributed by atoms with Crippen LogP contribution in [0.25, 0.3) is 11.0 Å². The summed E-state index contributed by atoms with van der Waals surface area (Å²) in [5.41, 5.74) is 3.54. The van der Waals surface area contributed by atoms with Crippen LogP contribution in [-0.2, 0) is 22.0 Å². The van der Waals surface area contributed by atoms with Crippen LogP contribution in [0, 0.1) is 5.92 Å². The van der Waals surface area contributed by atoms with Gasteiger partial charge in [0.25, 0.3) is 10.0 Å². The first-order valence-electron chi connectivity index (χ1n) is 15.1. The van der Waals surface area contributed by atoms with Crippen LogP contribution in [0.1, 0.15) is 72.5 Å². The first kappa shape index (κ1) is 30.4. The Kier molecular flexibility index (Phi) is 9.51. The van der Waals surface area contributed by atoms with E-state index >= 15 is 0 Å². The van der Waals surface area contributed by atoms with Gasteiger partial charge in [-0.1, -0.05) is 53.9 Å². The molecule has 40 heavy (non-hydrogen) atoms. The molecule has 0 unspecified atom stereocenters. The number of hydrogen-bond donors (Lipinski definition) is 0. The Hall–Kier alpha value is -2.58. The van der Waals surface area contributed by atoms with Gasteiger partial charge < -0.3 is 14.4 Å². The summed E-state index contributed by atoms with van der Waals surface area (Å²) in [6.45, 7) is 15.5. The third-order valence-corrected chi connectivity index (χ3v) is 10.1. The highest BCUT2D eigenvalue weighted by Crippen LogP contribution is 2.33. The molecule has 0 atom stereocenters. The topological polar surface area (TPSA) is 61.7 Å². The molecule has 0 N–H and O–H groups in total. The second kappa shape index (κ2) is 12.5. The molecular weight excluding hydrogens is 518 g/mol. The first-order valence-corrected chi connectivity index (χ1v) is 16.5. The van der Waals surface area contributed by atoms with Crippen LogP contribution in [0.4, 0.5) is 11.4 Å². The van der Waals surface area contributed by atoms with Crippen LogP contribution in [0.3, 0.4) is 0 Å². The normalized spacial score (nSPS) is 17.5. The number of benzene rings is 2. The maximum Gasteiger partial charge on any atom is 0.264 e. The average Bonchev–Trinajstić information content (AvgIpc) is 3.33. The minimum Gasteiger partial charge on any atom is -0.369 e. The number of rotatable bonds is 6. The Morgan fingerprint density at radius 3 is 2.15 bits per heavy atom. The lowest BCUT2D eigenvalue weighted by Crippen LogP contribution is -2.44. The highest BCUT2D eigenvalue weighted by molar-refractivity contribution is 7.92. The molecule has 7 nitrogen and oxygen atoms in total. The monoisotopic (exact) mass is 567 g/mol. The number of hydrogen-bond acceptors (Lipinski definition) is 5. The largest absolute Gasteiger partial charge is 0.369 e. The van der Waals surface area contributed by atoms with Crippen LogP contribution >= 0.6 is 0 Å². The number of aromatic nitrogens is 2. The van der Waals surface area contributed by atoms with E-state index in [2.05, 4.69) is 48.3 Å². The molecule has 1 aromatic heterocycles. The Morgan fingerprint density at radius 2 is 1.55 bits per heavy atom. The zero-order chi connectivity index (χ0) is 29.1.